The van der Waals surface area contributed by atoms with E-state index in [1.54, 1.807) is 30.4 Å². The fourth-order valence-corrected chi connectivity index (χ4v) is 3.08. The van der Waals surface area contributed by atoms with E-state index in [4.69, 9.17) is 21.1 Å². The number of benzene rings is 1. The van der Waals surface area contributed by atoms with Gasteiger partial charge in [0.2, 0.25) is 5.91 Å². The molecule has 1 aromatic carbocycles. The Kier molecular flexibility index (Phi) is 3.80. The lowest BCUT2D eigenvalue weighted by Crippen LogP contribution is -2.39. The maximum atomic E-state index is 12.5. The minimum Gasteiger partial charge on any atom is -0.495 e. The van der Waals surface area contributed by atoms with Gasteiger partial charge in [0.25, 0.3) is 0 Å². The number of ether oxygens (including phenoxy) is 2. The van der Waals surface area contributed by atoms with Crippen molar-refractivity contribution in [2.24, 2.45) is 11.8 Å². The maximum absolute atomic E-state index is 12.5. The maximum Gasteiger partial charge on any atom is 0.310 e. The zero-order valence-corrected chi connectivity index (χ0v) is 12.4. The minimum absolute atomic E-state index is 0.399. The number of amides is 1. The predicted octanol–water partition coefficient (Wildman–Crippen LogP) is 1.94. The summed E-state index contributed by atoms with van der Waals surface area (Å²) in [5.74, 6) is -2.69. The van der Waals surface area contributed by atoms with Crippen LogP contribution >= 0.6 is 11.6 Å². The van der Waals surface area contributed by atoms with E-state index < -0.39 is 35.9 Å². The molecule has 0 radical (unpaired) electrons. The first-order chi connectivity index (χ1) is 10.5. The molecule has 1 saturated heterocycles. The monoisotopic (exact) mass is 323 g/mol. The van der Waals surface area contributed by atoms with E-state index in [9.17, 15) is 14.7 Å². The van der Waals surface area contributed by atoms with Crippen molar-refractivity contribution in [2.75, 3.05) is 12.4 Å². The second-order valence-electron chi connectivity index (χ2n) is 5.17. The number of halogens is 1. The van der Waals surface area contributed by atoms with Crippen LogP contribution in [-0.4, -0.2) is 36.3 Å². The summed E-state index contributed by atoms with van der Waals surface area (Å²) in [6, 6.07) is 4.82. The van der Waals surface area contributed by atoms with Gasteiger partial charge in [0.1, 0.15) is 11.7 Å². The zero-order chi connectivity index (χ0) is 15.9. The molecule has 2 aliphatic heterocycles. The smallest absolute Gasteiger partial charge is 0.310 e. The highest BCUT2D eigenvalue weighted by Gasteiger charge is 2.53. The summed E-state index contributed by atoms with van der Waals surface area (Å²) in [6.07, 6.45) is 2.34. The topological polar surface area (TPSA) is 84.9 Å². The van der Waals surface area contributed by atoms with Crippen molar-refractivity contribution in [2.45, 2.75) is 12.2 Å². The zero-order valence-electron chi connectivity index (χ0n) is 11.7. The third-order valence-electron chi connectivity index (χ3n) is 3.91. The van der Waals surface area contributed by atoms with Crippen LogP contribution in [0.25, 0.3) is 0 Å². The van der Waals surface area contributed by atoms with Gasteiger partial charge in [-0.1, -0.05) is 23.8 Å². The molecule has 1 fully saturated rings. The Hall–Kier alpha value is -2.05. The molecule has 3 rings (SSSR count). The average molecular weight is 324 g/mol. The first-order valence-electron chi connectivity index (χ1n) is 6.72. The summed E-state index contributed by atoms with van der Waals surface area (Å²) in [7, 11) is 1.47. The van der Waals surface area contributed by atoms with Gasteiger partial charge < -0.3 is 19.9 Å². The summed E-state index contributed by atoms with van der Waals surface area (Å²) in [4.78, 5) is 23.9. The third-order valence-corrected chi connectivity index (χ3v) is 4.14. The number of carbonyl (C=O) groups excluding carboxylic acids is 1. The van der Waals surface area contributed by atoms with Crippen LogP contribution in [0.1, 0.15) is 0 Å². The quantitative estimate of drug-likeness (QED) is 0.827. The number of fused-ring (bicyclic) bond motifs is 2. The number of methoxy groups -OCH3 is 1. The van der Waals surface area contributed by atoms with Crippen LogP contribution in [0.5, 0.6) is 5.75 Å². The molecule has 0 aromatic heterocycles. The molecule has 2 heterocycles. The first kappa shape index (κ1) is 14.9. The third kappa shape index (κ3) is 2.44. The normalized spacial score (nSPS) is 28.6. The molecule has 0 aliphatic carbocycles. The van der Waals surface area contributed by atoms with E-state index in [2.05, 4.69) is 5.32 Å². The van der Waals surface area contributed by atoms with Crippen molar-refractivity contribution in [1.29, 1.82) is 0 Å². The number of carboxylic acid groups (broad SMARTS) is 1. The molecule has 116 valence electrons. The van der Waals surface area contributed by atoms with Crippen molar-refractivity contribution in [3.8, 4) is 5.75 Å². The second-order valence-corrected chi connectivity index (χ2v) is 5.61. The van der Waals surface area contributed by atoms with Crippen molar-refractivity contribution in [3.63, 3.8) is 0 Å². The summed E-state index contributed by atoms with van der Waals surface area (Å²) in [5, 5.41) is 12.5. The van der Waals surface area contributed by atoms with Gasteiger partial charge in [-0.2, -0.15) is 0 Å². The van der Waals surface area contributed by atoms with Gasteiger partial charge >= 0.3 is 5.97 Å². The number of nitrogens with one attached hydrogen (secondary N) is 1. The van der Waals surface area contributed by atoms with Crippen LogP contribution in [0.3, 0.4) is 0 Å². The highest BCUT2D eigenvalue weighted by atomic mass is 35.5. The van der Waals surface area contributed by atoms with E-state index in [0.29, 0.717) is 16.5 Å². The number of carbonyl (C=O) groups is 2. The molecule has 22 heavy (non-hydrogen) atoms. The molecular weight excluding hydrogens is 310 g/mol. The lowest BCUT2D eigenvalue weighted by Gasteiger charge is -2.21. The van der Waals surface area contributed by atoms with Gasteiger partial charge in [-0.05, 0) is 18.2 Å². The molecule has 4 atom stereocenters. The summed E-state index contributed by atoms with van der Waals surface area (Å²) < 4.78 is 10.7. The number of hydrogen-bond donors (Lipinski definition) is 2. The Morgan fingerprint density at radius 1 is 1.27 bits per heavy atom. The molecule has 2 aliphatic rings. The Labute approximate surface area is 131 Å². The standard InChI is InChI=1S/C15H14ClNO5/c1-21-9-3-2-7(16)6-8(9)17-14(18)12-10-4-5-11(22-10)13(12)15(19)20/h2-6,10-13H,1H3,(H,17,18)(H,19,20)/t10-,11+,12-,13-/m0/s1. The summed E-state index contributed by atoms with van der Waals surface area (Å²) in [6.45, 7) is 0. The van der Waals surface area contributed by atoms with Crippen LogP contribution in [0.15, 0.2) is 30.4 Å². The summed E-state index contributed by atoms with van der Waals surface area (Å²) >= 11 is 5.92. The van der Waals surface area contributed by atoms with Crippen molar-refractivity contribution < 1.29 is 24.2 Å². The summed E-state index contributed by atoms with van der Waals surface area (Å²) in [5.41, 5.74) is 0.399. The van der Waals surface area contributed by atoms with Crippen LogP contribution in [0.2, 0.25) is 5.02 Å². The Bertz CT molecular complexity index is 659. The van der Waals surface area contributed by atoms with E-state index in [-0.39, 0.29) is 0 Å². The average Bonchev–Trinajstić information content (AvgIpc) is 3.08. The number of aliphatic carboxylic acids is 1. The van der Waals surface area contributed by atoms with E-state index in [1.165, 1.54) is 7.11 Å². The van der Waals surface area contributed by atoms with Crippen LogP contribution < -0.4 is 10.1 Å². The number of hydrogen-bond acceptors (Lipinski definition) is 4. The van der Waals surface area contributed by atoms with Crippen LogP contribution in [0, 0.1) is 11.8 Å². The molecule has 7 heteroatoms. The lowest BCUT2D eigenvalue weighted by atomic mass is 9.82. The second kappa shape index (κ2) is 5.62. The number of carboxylic acids is 1. The van der Waals surface area contributed by atoms with Gasteiger partial charge in [-0.15, -0.1) is 0 Å². The molecule has 2 N–H and O–H groups in total. The highest BCUT2D eigenvalue weighted by molar-refractivity contribution is 6.31. The SMILES string of the molecule is COc1ccc(Cl)cc1NC(=O)[C@@H]1[C@@H](C(=O)O)[C@H]2C=C[C@@H]1O2. The fraction of sp³-hybridized carbons (Fsp3) is 0.333. The van der Waals surface area contributed by atoms with Gasteiger partial charge in [-0.3, -0.25) is 9.59 Å². The van der Waals surface area contributed by atoms with Crippen molar-refractivity contribution in [1.82, 2.24) is 0 Å². The molecule has 6 nitrogen and oxygen atoms in total. The minimum atomic E-state index is -1.05. The van der Waals surface area contributed by atoms with Gasteiger partial charge in [-0.25, -0.2) is 0 Å². The fourth-order valence-electron chi connectivity index (χ4n) is 2.91. The lowest BCUT2D eigenvalue weighted by molar-refractivity contribution is -0.145. The van der Waals surface area contributed by atoms with E-state index >= 15 is 0 Å². The number of anilines is 1. The Balaban J connectivity index is 1.84. The molecule has 0 spiro atoms. The number of rotatable bonds is 4. The van der Waals surface area contributed by atoms with E-state index in [0.717, 1.165) is 0 Å². The van der Waals surface area contributed by atoms with E-state index in [1.807, 2.05) is 0 Å². The molecule has 0 saturated carbocycles. The van der Waals surface area contributed by atoms with Crippen molar-refractivity contribution >= 4 is 29.2 Å². The molecule has 2 bridgehead atoms. The molecule has 1 aromatic rings. The molecule has 1 amide bonds. The molecular formula is C15H14ClNO5. The van der Waals surface area contributed by atoms with Gasteiger partial charge in [0.05, 0.1) is 30.9 Å². The Morgan fingerprint density at radius 3 is 2.59 bits per heavy atom. The molecule has 0 unspecified atom stereocenters. The van der Waals surface area contributed by atoms with Crippen LogP contribution in [0.4, 0.5) is 5.69 Å². The highest BCUT2D eigenvalue weighted by Crippen LogP contribution is 2.40. The Morgan fingerprint density at radius 2 is 1.95 bits per heavy atom. The van der Waals surface area contributed by atoms with Gasteiger partial charge in [0, 0.05) is 5.02 Å². The largest absolute Gasteiger partial charge is 0.495 e. The van der Waals surface area contributed by atoms with Gasteiger partial charge in [0.15, 0.2) is 0 Å². The first-order valence-corrected chi connectivity index (χ1v) is 7.10. The predicted molar refractivity (Wildman–Crippen MR) is 79.1 cm³/mol. The van der Waals surface area contributed by atoms with Crippen LogP contribution in [-0.2, 0) is 14.3 Å². The van der Waals surface area contributed by atoms with Crippen molar-refractivity contribution in [3.05, 3.63) is 35.4 Å².